The van der Waals surface area contributed by atoms with Crippen LogP contribution in [0.25, 0.3) is 11.4 Å². The zero-order valence-corrected chi connectivity index (χ0v) is 18.0. The van der Waals surface area contributed by atoms with Gasteiger partial charge in [-0.1, -0.05) is 46.0 Å². The molecule has 1 unspecified atom stereocenters. The number of carbonyl (C=O) groups excluding carboxylic acids is 2. The topological polar surface area (TPSA) is 94.3 Å². The first-order valence-electron chi connectivity index (χ1n) is 8.86. The Kier molecular flexibility index (Phi) is 7.31. The largest absolute Gasteiger partial charge is 0.453 e. The lowest BCUT2D eigenvalue weighted by Crippen LogP contribution is -2.30. The number of ether oxygens (including phenoxy) is 1. The molecule has 1 N–H and O–H groups in total. The first-order valence-corrected chi connectivity index (χ1v) is 9.99. The summed E-state index contributed by atoms with van der Waals surface area (Å²) in [5, 5.41) is 7.56. The minimum absolute atomic E-state index is 0.0300. The second kappa shape index (κ2) is 9.93. The normalized spacial score (nSPS) is 11.7. The Bertz CT molecular complexity index is 1050. The molecule has 1 heterocycles. The molecule has 1 amide bonds. The predicted molar refractivity (Wildman–Crippen MR) is 114 cm³/mol. The number of amides is 1. The molecule has 0 fully saturated rings. The van der Waals surface area contributed by atoms with Crippen molar-refractivity contribution in [2.75, 3.05) is 5.32 Å². The molecule has 156 valence electrons. The number of benzene rings is 2. The summed E-state index contributed by atoms with van der Waals surface area (Å²) in [6, 6.07) is 11.8. The van der Waals surface area contributed by atoms with Gasteiger partial charge in [-0.05, 0) is 43.3 Å². The van der Waals surface area contributed by atoms with E-state index in [2.05, 4.69) is 15.5 Å². The number of rotatable bonds is 7. The molecule has 3 aromatic rings. The van der Waals surface area contributed by atoms with Gasteiger partial charge in [0.1, 0.15) is 0 Å². The molecule has 2 aromatic carbocycles. The van der Waals surface area contributed by atoms with E-state index in [1.165, 1.54) is 6.92 Å². The summed E-state index contributed by atoms with van der Waals surface area (Å²) in [7, 11) is 0. The summed E-state index contributed by atoms with van der Waals surface area (Å²) in [5.74, 6) is -0.447. The van der Waals surface area contributed by atoms with Crippen molar-refractivity contribution in [1.29, 1.82) is 0 Å². The van der Waals surface area contributed by atoms with Gasteiger partial charge >= 0.3 is 5.97 Å². The van der Waals surface area contributed by atoms with Crippen LogP contribution in [0.5, 0.6) is 0 Å². The van der Waals surface area contributed by atoms with Crippen molar-refractivity contribution in [3.63, 3.8) is 0 Å². The Morgan fingerprint density at radius 2 is 1.87 bits per heavy atom. The van der Waals surface area contributed by atoms with E-state index in [0.29, 0.717) is 21.6 Å². The molecule has 0 saturated carbocycles. The molecule has 0 saturated heterocycles. The van der Waals surface area contributed by atoms with Gasteiger partial charge in [0.15, 0.2) is 6.10 Å². The fourth-order valence-electron chi connectivity index (χ4n) is 2.43. The molecule has 10 heteroatoms. The van der Waals surface area contributed by atoms with Crippen LogP contribution in [0.2, 0.25) is 15.1 Å². The van der Waals surface area contributed by atoms with Crippen molar-refractivity contribution in [3.05, 3.63) is 63.4 Å². The third-order valence-electron chi connectivity index (χ3n) is 4.00. The second-order valence-electron chi connectivity index (χ2n) is 6.24. The van der Waals surface area contributed by atoms with Gasteiger partial charge in [0, 0.05) is 17.0 Å². The molecule has 0 radical (unpaired) electrons. The van der Waals surface area contributed by atoms with Crippen molar-refractivity contribution in [2.24, 2.45) is 0 Å². The SMILES string of the molecule is CC(OC(=O)CCc1nc(-c2ccc(Cl)cc2)no1)C(=O)Nc1cccc(Cl)c1Cl. The van der Waals surface area contributed by atoms with Crippen LogP contribution in [-0.4, -0.2) is 28.1 Å². The highest BCUT2D eigenvalue weighted by molar-refractivity contribution is 6.44. The molecule has 0 spiro atoms. The van der Waals surface area contributed by atoms with Crippen LogP contribution < -0.4 is 5.32 Å². The average molecular weight is 469 g/mol. The molecule has 1 atom stereocenters. The van der Waals surface area contributed by atoms with Crippen molar-refractivity contribution < 1.29 is 18.8 Å². The van der Waals surface area contributed by atoms with E-state index < -0.39 is 18.0 Å². The molecule has 7 nitrogen and oxygen atoms in total. The standard InChI is InChI=1S/C20H16Cl3N3O4/c1-11(20(28)24-15-4-2-3-14(22)18(15)23)29-17(27)10-9-16-25-19(26-30-16)12-5-7-13(21)8-6-12/h2-8,11H,9-10H2,1H3,(H,24,28). The number of carbonyl (C=O) groups is 2. The number of aromatic nitrogens is 2. The summed E-state index contributed by atoms with van der Waals surface area (Å²) < 4.78 is 10.3. The lowest BCUT2D eigenvalue weighted by Gasteiger charge is -2.14. The van der Waals surface area contributed by atoms with E-state index in [4.69, 9.17) is 44.1 Å². The second-order valence-corrected chi connectivity index (χ2v) is 7.46. The monoisotopic (exact) mass is 467 g/mol. The first kappa shape index (κ1) is 22.1. The number of aryl methyl sites for hydroxylation is 1. The lowest BCUT2D eigenvalue weighted by atomic mass is 10.2. The maximum absolute atomic E-state index is 12.2. The quantitative estimate of drug-likeness (QED) is 0.479. The fraction of sp³-hybridized carbons (Fsp3) is 0.200. The Labute approximate surface area is 187 Å². The number of hydrogen-bond acceptors (Lipinski definition) is 6. The molecule has 1 aromatic heterocycles. The number of nitrogens with zero attached hydrogens (tertiary/aromatic N) is 2. The van der Waals surface area contributed by atoms with Gasteiger partial charge in [-0.15, -0.1) is 0 Å². The van der Waals surface area contributed by atoms with Crippen molar-refractivity contribution in [2.45, 2.75) is 25.9 Å². The lowest BCUT2D eigenvalue weighted by molar-refractivity contribution is -0.153. The highest BCUT2D eigenvalue weighted by Crippen LogP contribution is 2.29. The number of esters is 1. The van der Waals surface area contributed by atoms with Crippen molar-refractivity contribution in [1.82, 2.24) is 10.1 Å². The van der Waals surface area contributed by atoms with Crippen molar-refractivity contribution in [3.8, 4) is 11.4 Å². The summed E-state index contributed by atoms with van der Waals surface area (Å²) >= 11 is 17.8. The van der Waals surface area contributed by atoms with Gasteiger partial charge in [-0.25, -0.2) is 0 Å². The van der Waals surface area contributed by atoms with Crippen LogP contribution in [0, 0.1) is 0 Å². The highest BCUT2D eigenvalue weighted by atomic mass is 35.5. The van der Waals surface area contributed by atoms with Gasteiger partial charge < -0.3 is 14.6 Å². The molecule has 0 bridgehead atoms. The van der Waals surface area contributed by atoms with Gasteiger partial charge in [0.05, 0.1) is 22.2 Å². The Balaban J connectivity index is 1.50. The number of anilines is 1. The van der Waals surface area contributed by atoms with E-state index >= 15 is 0 Å². The van der Waals surface area contributed by atoms with Gasteiger partial charge in [-0.2, -0.15) is 4.98 Å². The smallest absolute Gasteiger partial charge is 0.307 e. The Hall–Kier alpha value is -2.61. The number of hydrogen-bond donors (Lipinski definition) is 1. The zero-order valence-electron chi connectivity index (χ0n) is 15.7. The minimum Gasteiger partial charge on any atom is -0.453 e. The molecule has 0 aliphatic heterocycles. The van der Waals surface area contributed by atoms with E-state index in [-0.39, 0.29) is 23.8 Å². The summed E-state index contributed by atoms with van der Waals surface area (Å²) in [6.07, 6.45) is -0.883. The maximum Gasteiger partial charge on any atom is 0.307 e. The van der Waals surface area contributed by atoms with E-state index in [9.17, 15) is 9.59 Å². The van der Waals surface area contributed by atoms with E-state index in [1.54, 1.807) is 42.5 Å². The van der Waals surface area contributed by atoms with Crippen molar-refractivity contribution >= 4 is 52.4 Å². The van der Waals surface area contributed by atoms with Gasteiger partial charge in [-0.3, -0.25) is 9.59 Å². The summed E-state index contributed by atoms with van der Waals surface area (Å²) in [6.45, 7) is 1.46. The third kappa shape index (κ3) is 5.72. The maximum atomic E-state index is 12.2. The molecule has 30 heavy (non-hydrogen) atoms. The van der Waals surface area contributed by atoms with E-state index in [0.717, 1.165) is 5.56 Å². The number of halogens is 3. The molecule has 0 aliphatic carbocycles. The fourth-order valence-corrected chi connectivity index (χ4v) is 2.90. The highest BCUT2D eigenvalue weighted by Gasteiger charge is 2.20. The molecular formula is C20H16Cl3N3O4. The Morgan fingerprint density at radius 3 is 2.60 bits per heavy atom. The van der Waals surface area contributed by atoms with Crippen LogP contribution in [-0.2, 0) is 20.7 Å². The summed E-state index contributed by atoms with van der Waals surface area (Å²) in [5.41, 5.74) is 1.07. The number of nitrogens with one attached hydrogen (secondary N) is 1. The molecule has 3 rings (SSSR count). The third-order valence-corrected chi connectivity index (χ3v) is 5.07. The van der Waals surface area contributed by atoms with Crippen LogP contribution in [0.3, 0.4) is 0 Å². The zero-order chi connectivity index (χ0) is 21.7. The van der Waals surface area contributed by atoms with E-state index in [1.807, 2.05) is 0 Å². The van der Waals surface area contributed by atoms with Crippen LogP contribution in [0.1, 0.15) is 19.2 Å². The van der Waals surface area contributed by atoms with Gasteiger partial charge in [0.2, 0.25) is 11.7 Å². The Morgan fingerprint density at radius 1 is 1.13 bits per heavy atom. The van der Waals surface area contributed by atoms with Crippen LogP contribution in [0.15, 0.2) is 47.0 Å². The van der Waals surface area contributed by atoms with Crippen LogP contribution >= 0.6 is 34.8 Å². The molecular weight excluding hydrogens is 453 g/mol. The summed E-state index contributed by atoms with van der Waals surface area (Å²) in [4.78, 5) is 28.5. The predicted octanol–water partition coefficient (Wildman–Crippen LogP) is 5.20. The van der Waals surface area contributed by atoms with Crippen LogP contribution in [0.4, 0.5) is 5.69 Å². The molecule has 0 aliphatic rings. The minimum atomic E-state index is -1.03. The first-order chi connectivity index (χ1) is 14.3. The van der Waals surface area contributed by atoms with Gasteiger partial charge in [0.25, 0.3) is 5.91 Å². The average Bonchev–Trinajstić information content (AvgIpc) is 3.19.